The average Bonchev–Trinajstić information content (AvgIpc) is 2.18. The highest BCUT2D eigenvalue weighted by atomic mass is 35.5. The lowest BCUT2D eigenvalue weighted by Gasteiger charge is -2.07. The van der Waals surface area contributed by atoms with Crippen molar-refractivity contribution in [2.45, 2.75) is 44.9 Å². The number of aromatic nitrogens is 2. The number of rotatable bonds is 5. The maximum Gasteiger partial charge on any atom is 0.115 e. The third-order valence-corrected chi connectivity index (χ3v) is 2.55. The minimum absolute atomic E-state index is 0.208. The zero-order valence-electron chi connectivity index (χ0n) is 8.83. The fraction of sp³-hybridized carbons (Fsp3) is 0.636. The summed E-state index contributed by atoms with van der Waals surface area (Å²) in [7, 11) is 0. The first-order valence-electron chi connectivity index (χ1n) is 5.20. The summed E-state index contributed by atoms with van der Waals surface area (Å²) in [6, 6.07) is 2.05. The van der Waals surface area contributed by atoms with Crippen molar-refractivity contribution < 1.29 is 0 Å². The van der Waals surface area contributed by atoms with Crippen molar-refractivity contribution in [1.29, 1.82) is 0 Å². The summed E-state index contributed by atoms with van der Waals surface area (Å²) in [5, 5.41) is 0.208. The van der Waals surface area contributed by atoms with E-state index in [0.717, 1.165) is 37.1 Å². The van der Waals surface area contributed by atoms with Crippen LogP contribution in [0.4, 0.5) is 0 Å². The second-order valence-electron chi connectivity index (χ2n) is 3.44. The second kappa shape index (κ2) is 5.97. The Morgan fingerprint density at radius 1 is 1.29 bits per heavy atom. The minimum Gasteiger partial charge on any atom is -0.241 e. The van der Waals surface area contributed by atoms with Gasteiger partial charge in [-0.15, -0.1) is 11.6 Å². The van der Waals surface area contributed by atoms with Gasteiger partial charge in [-0.3, -0.25) is 0 Å². The fourth-order valence-corrected chi connectivity index (χ4v) is 1.77. The predicted molar refractivity (Wildman–Crippen MR) is 59.7 cm³/mol. The molecule has 1 aromatic heterocycles. The SMILES string of the molecule is CCCC(Cl)Cc1cc(CC)ncn1. The van der Waals surface area contributed by atoms with Crippen molar-refractivity contribution in [3.63, 3.8) is 0 Å². The molecule has 0 aliphatic rings. The Morgan fingerprint density at radius 2 is 2.00 bits per heavy atom. The van der Waals surface area contributed by atoms with Crippen LogP contribution in [0.5, 0.6) is 0 Å². The zero-order valence-corrected chi connectivity index (χ0v) is 9.59. The van der Waals surface area contributed by atoms with Gasteiger partial charge in [0.15, 0.2) is 0 Å². The number of hydrogen-bond acceptors (Lipinski definition) is 2. The normalized spacial score (nSPS) is 12.8. The van der Waals surface area contributed by atoms with E-state index in [1.807, 2.05) is 6.07 Å². The van der Waals surface area contributed by atoms with E-state index in [1.165, 1.54) is 0 Å². The van der Waals surface area contributed by atoms with E-state index in [4.69, 9.17) is 11.6 Å². The van der Waals surface area contributed by atoms with Crippen LogP contribution in [-0.2, 0) is 12.8 Å². The summed E-state index contributed by atoms with van der Waals surface area (Å²) in [6.07, 6.45) is 5.61. The molecule has 0 saturated carbocycles. The molecule has 0 amide bonds. The molecule has 0 aliphatic heterocycles. The Hall–Kier alpha value is -0.630. The molecule has 2 nitrogen and oxygen atoms in total. The van der Waals surface area contributed by atoms with Crippen LogP contribution in [0.1, 0.15) is 38.1 Å². The van der Waals surface area contributed by atoms with Crippen molar-refractivity contribution in [1.82, 2.24) is 9.97 Å². The van der Waals surface area contributed by atoms with E-state index in [0.29, 0.717) is 0 Å². The number of hydrogen-bond donors (Lipinski definition) is 0. The van der Waals surface area contributed by atoms with E-state index in [2.05, 4.69) is 23.8 Å². The lowest BCUT2D eigenvalue weighted by atomic mass is 10.1. The van der Waals surface area contributed by atoms with Gasteiger partial charge in [-0.1, -0.05) is 20.3 Å². The lowest BCUT2D eigenvalue weighted by Crippen LogP contribution is -2.05. The Kier molecular flexibility index (Phi) is 4.88. The van der Waals surface area contributed by atoms with Gasteiger partial charge in [0, 0.05) is 23.2 Å². The van der Waals surface area contributed by atoms with Gasteiger partial charge in [-0.25, -0.2) is 9.97 Å². The highest BCUT2D eigenvalue weighted by Gasteiger charge is 2.06. The molecule has 0 radical (unpaired) electrons. The molecule has 0 N–H and O–H groups in total. The predicted octanol–water partition coefficient (Wildman–Crippen LogP) is 2.99. The Morgan fingerprint density at radius 3 is 2.64 bits per heavy atom. The van der Waals surface area contributed by atoms with Gasteiger partial charge >= 0.3 is 0 Å². The molecular weight excluding hydrogens is 196 g/mol. The van der Waals surface area contributed by atoms with Crippen molar-refractivity contribution in [2.75, 3.05) is 0 Å². The van der Waals surface area contributed by atoms with Crippen LogP contribution in [0.3, 0.4) is 0 Å². The van der Waals surface area contributed by atoms with E-state index in [-0.39, 0.29) is 5.38 Å². The van der Waals surface area contributed by atoms with Crippen molar-refractivity contribution >= 4 is 11.6 Å². The molecule has 1 unspecified atom stereocenters. The second-order valence-corrected chi connectivity index (χ2v) is 4.06. The van der Waals surface area contributed by atoms with E-state index in [9.17, 15) is 0 Å². The third-order valence-electron chi connectivity index (χ3n) is 2.18. The summed E-state index contributed by atoms with van der Waals surface area (Å²) in [5.74, 6) is 0. The first-order chi connectivity index (χ1) is 6.76. The molecule has 0 saturated heterocycles. The average molecular weight is 213 g/mol. The van der Waals surface area contributed by atoms with Crippen LogP contribution in [0.25, 0.3) is 0 Å². The molecule has 1 heterocycles. The summed E-state index contributed by atoms with van der Waals surface area (Å²) < 4.78 is 0. The lowest BCUT2D eigenvalue weighted by molar-refractivity contribution is 0.712. The highest BCUT2D eigenvalue weighted by Crippen LogP contribution is 2.11. The molecule has 0 spiro atoms. The number of alkyl halides is 1. The van der Waals surface area contributed by atoms with Crippen LogP contribution in [0, 0.1) is 0 Å². The zero-order chi connectivity index (χ0) is 10.4. The summed E-state index contributed by atoms with van der Waals surface area (Å²) in [4.78, 5) is 8.37. The summed E-state index contributed by atoms with van der Waals surface area (Å²) >= 11 is 6.15. The van der Waals surface area contributed by atoms with Gasteiger partial charge in [0.05, 0.1) is 0 Å². The first-order valence-corrected chi connectivity index (χ1v) is 5.63. The topological polar surface area (TPSA) is 25.8 Å². The van der Waals surface area contributed by atoms with Gasteiger partial charge in [0.2, 0.25) is 0 Å². The molecule has 3 heteroatoms. The maximum atomic E-state index is 6.15. The Labute approximate surface area is 90.7 Å². The number of aryl methyl sites for hydroxylation is 1. The quantitative estimate of drug-likeness (QED) is 0.702. The Bertz CT molecular complexity index is 276. The summed E-state index contributed by atoms with van der Waals surface area (Å²) in [5.41, 5.74) is 2.15. The molecule has 0 bridgehead atoms. The molecular formula is C11H17ClN2. The van der Waals surface area contributed by atoms with Crippen molar-refractivity contribution in [3.8, 4) is 0 Å². The molecule has 1 atom stereocenters. The molecule has 0 aliphatic carbocycles. The smallest absolute Gasteiger partial charge is 0.115 e. The molecule has 1 rings (SSSR count). The third kappa shape index (κ3) is 3.62. The van der Waals surface area contributed by atoms with Crippen LogP contribution in [0.15, 0.2) is 12.4 Å². The molecule has 78 valence electrons. The van der Waals surface area contributed by atoms with Crippen molar-refractivity contribution in [3.05, 3.63) is 23.8 Å². The first kappa shape index (κ1) is 11.4. The van der Waals surface area contributed by atoms with Crippen LogP contribution >= 0.6 is 11.6 Å². The molecule has 0 fully saturated rings. The van der Waals surface area contributed by atoms with Gasteiger partial charge in [0.25, 0.3) is 0 Å². The summed E-state index contributed by atoms with van der Waals surface area (Å²) in [6.45, 7) is 4.24. The van der Waals surface area contributed by atoms with Crippen molar-refractivity contribution in [2.24, 2.45) is 0 Å². The monoisotopic (exact) mass is 212 g/mol. The van der Waals surface area contributed by atoms with Gasteiger partial charge in [-0.05, 0) is 18.9 Å². The van der Waals surface area contributed by atoms with E-state index >= 15 is 0 Å². The maximum absolute atomic E-state index is 6.15. The van der Waals surface area contributed by atoms with Gasteiger partial charge in [-0.2, -0.15) is 0 Å². The van der Waals surface area contributed by atoms with Crippen LogP contribution in [-0.4, -0.2) is 15.3 Å². The fourth-order valence-electron chi connectivity index (χ4n) is 1.39. The molecule has 14 heavy (non-hydrogen) atoms. The Balaban J connectivity index is 2.57. The van der Waals surface area contributed by atoms with Crippen LogP contribution < -0.4 is 0 Å². The minimum atomic E-state index is 0.208. The molecule has 0 aromatic carbocycles. The van der Waals surface area contributed by atoms with E-state index < -0.39 is 0 Å². The highest BCUT2D eigenvalue weighted by molar-refractivity contribution is 6.20. The largest absolute Gasteiger partial charge is 0.241 e. The standard InChI is InChI=1S/C11H17ClN2/c1-3-5-9(12)6-11-7-10(4-2)13-8-14-11/h7-9H,3-6H2,1-2H3. The molecule has 1 aromatic rings. The van der Waals surface area contributed by atoms with Gasteiger partial charge in [0.1, 0.15) is 6.33 Å². The van der Waals surface area contributed by atoms with Gasteiger partial charge < -0.3 is 0 Å². The van der Waals surface area contributed by atoms with E-state index in [1.54, 1.807) is 6.33 Å². The number of halogens is 1. The van der Waals surface area contributed by atoms with Crippen LogP contribution in [0.2, 0.25) is 0 Å². The number of nitrogens with zero attached hydrogens (tertiary/aromatic N) is 2.